The van der Waals surface area contributed by atoms with Crippen LogP contribution in [0.4, 0.5) is 0 Å². The number of pyridine rings is 1. The Morgan fingerprint density at radius 2 is 2.07 bits per heavy atom. The van der Waals surface area contributed by atoms with Gasteiger partial charge in [-0.1, -0.05) is 0 Å². The average Bonchev–Trinajstić information content (AvgIpc) is 2.16. The highest BCUT2D eigenvalue weighted by molar-refractivity contribution is 5.95. The van der Waals surface area contributed by atoms with Crippen LogP contribution in [-0.2, 0) is 0 Å². The van der Waals surface area contributed by atoms with Crippen molar-refractivity contribution in [3.05, 3.63) is 29.6 Å². The van der Waals surface area contributed by atoms with Crippen molar-refractivity contribution in [2.45, 2.75) is 0 Å². The first-order valence-corrected chi connectivity index (χ1v) is 3.93. The summed E-state index contributed by atoms with van der Waals surface area (Å²) in [6.45, 7) is 0. The van der Waals surface area contributed by atoms with Crippen LogP contribution < -0.4 is 0 Å². The zero-order valence-electron chi connectivity index (χ0n) is 7.89. The van der Waals surface area contributed by atoms with Gasteiger partial charge in [0.15, 0.2) is 0 Å². The molecule has 0 unspecified atom stereocenters. The summed E-state index contributed by atoms with van der Waals surface area (Å²) in [6, 6.07) is 2.60. The minimum absolute atomic E-state index is 0.0604. The van der Waals surface area contributed by atoms with Crippen LogP contribution >= 0.6 is 0 Å². The first-order valence-electron chi connectivity index (χ1n) is 3.93. The average molecular weight is 194 g/mol. The highest BCUT2D eigenvalue weighted by Gasteiger charge is 2.11. The van der Waals surface area contributed by atoms with Gasteiger partial charge in [-0.25, -0.2) is 4.79 Å². The number of hydrogen-bond acceptors (Lipinski definition) is 3. The maximum atomic E-state index is 11.4. The van der Waals surface area contributed by atoms with Gasteiger partial charge in [-0.05, 0) is 12.1 Å². The number of amides is 1. The van der Waals surface area contributed by atoms with Gasteiger partial charge in [0, 0.05) is 20.3 Å². The minimum Gasteiger partial charge on any atom is -0.478 e. The lowest BCUT2D eigenvalue weighted by Gasteiger charge is -2.09. The molecule has 0 aliphatic carbocycles. The van der Waals surface area contributed by atoms with Crippen LogP contribution in [0, 0.1) is 0 Å². The number of hydrogen-bond donors (Lipinski definition) is 1. The molecule has 0 saturated heterocycles. The maximum Gasteiger partial charge on any atom is 0.335 e. The number of carbonyl (C=O) groups excluding carboxylic acids is 1. The van der Waals surface area contributed by atoms with Crippen LogP contribution in [0.2, 0.25) is 0 Å². The van der Waals surface area contributed by atoms with Gasteiger partial charge >= 0.3 is 5.97 Å². The molecule has 5 nitrogen and oxygen atoms in total. The molecule has 1 N–H and O–H groups in total. The van der Waals surface area contributed by atoms with Crippen molar-refractivity contribution in [1.29, 1.82) is 0 Å². The maximum absolute atomic E-state index is 11.4. The summed E-state index contributed by atoms with van der Waals surface area (Å²) in [5, 5.41) is 8.68. The predicted molar refractivity (Wildman–Crippen MR) is 49.2 cm³/mol. The molecule has 0 atom stereocenters. The van der Waals surface area contributed by atoms with Gasteiger partial charge in [0.05, 0.1) is 5.56 Å². The van der Waals surface area contributed by atoms with Crippen LogP contribution in [0.5, 0.6) is 0 Å². The van der Waals surface area contributed by atoms with E-state index >= 15 is 0 Å². The molecular formula is C9H10N2O3. The number of nitrogens with zero attached hydrogens (tertiary/aromatic N) is 2. The Balaban J connectivity index is 3.06. The molecule has 74 valence electrons. The number of rotatable bonds is 2. The molecule has 1 heterocycles. The quantitative estimate of drug-likeness (QED) is 0.743. The largest absolute Gasteiger partial charge is 0.478 e. The molecule has 0 aliphatic rings. The number of carboxylic acid groups (broad SMARTS) is 1. The van der Waals surface area contributed by atoms with Gasteiger partial charge in [-0.2, -0.15) is 0 Å². The van der Waals surface area contributed by atoms with Gasteiger partial charge in [0.1, 0.15) is 5.69 Å². The topological polar surface area (TPSA) is 70.5 Å². The van der Waals surface area contributed by atoms with Gasteiger partial charge in [0.2, 0.25) is 0 Å². The normalized spacial score (nSPS) is 9.57. The molecule has 0 spiro atoms. The van der Waals surface area contributed by atoms with Crippen molar-refractivity contribution in [1.82, 2.24) is 9.88 Å². The third-order valence-electron chi connectivity index (χ3n) is 1.63. The van der Waals surface area contributed by atoms with Crippen LogP contribution in [-0.4, -0.2) is 41.0 Å². The number of aromatic carboxylic acids is 1. The van der Waals surface area contributed by atoms with E-state index in [1.165, 1.54) is 23.2 Å². The van der Waals surface area contributed by atoms with E-state index in [0.717, 1.165) is 0 Å². The van der Waals surface area contributed by atoms with Crippen LogP contribution in [0.25, 0.3) is 0 Å². The van der Waals surface area contributed by atoms with Crippen LogP contribution in [0.15, 0.2) is 18.3 Å². The molecule has 0 saturated carbocycles. The summed E-state index contributed by atoms with van der Waals surface area (Å²) in [4.78, 5) is 27.1. The van der Waals surface area contributed by atoms with Gasteiger partial charge in [0.25, 0.3) is 5.91 Å². The Bertz CT molecular complexity index is 374. The summed E-state index contributed by atoms with van der Waals surface area (Å²) < 4.78 is 0. The fourth-order valence-corrected chi connectivity index (χ4v) is 0.910. The molecule has 0 radical (unpaired) electrons. The molecule has 0 fully saturated rings. The van der Waals surface area contributed by atoms with Crippen LogP contribution in [0.1, 0.15) is 20.8 Å². The van der Waals surface area contributed by atoms with Crippen molar-refractivity contribution < 1.29 is 14.7 Å². The second-order valence-corrected chi connectivity index (χ2v) is 2.93. The molecule has 0 bridgehead atoms. The second kappa shape index (κ2) is 3.87. The van der Waals surface area contributed by atoms with E-state index in [4.69, 9.17) is 5.11 Å². The van der Waals surface area contributed by atoms with E-state index in [2.05, 4.69) is 4.98 Å². The van der Waals surface area contributed by atoms with Gasteiger partial charge < -0.3 is 10.0 Å². The Morgan fingerprint density at radius 3 is 2.57 bits per heavy atom. The molecule has 0 aromatic carbocycles. The lowest BCUT2D eigenvalue weighted by Crippen LogP contribution is -2.23. The third-order valence-corrected chi connectivity index (χ3v) is 1.63. The lowest BCUT2D eigenvalue weighted by atomic mass is 10.2. The predicted octanol–water partition coefficient (Wildman–Crippen LogP) is 0.482. The highest BCUT2D eigenvalue weighted by atomic mass is 16.4. The van der Waals surface area contributed by atoms with Crippen molar-refractivity contribution in [3.8, 4) is 0 Å². The summed E-state index contributed by atoms with van der Waals surface area (Å²) >= 11 is 0. The molecule has 14 heavy (non-hydrogen) atoms. The van der Waals surface area contributed by atoms with Crippen molar-refractivity contribution >= 4 is 11.9 Å². The number of aromatic nitrogens is 1. The van der Waals surface area contributed by atoms with Crippen molar-refractivity contribution in [2.75, 3.05) is 14.1 Å². The summed E-state index contributed by atoms with van der Waals surface area (Å²) in [7, 11) is 3.16. The molecule has 1 amide bonds. The zero-order valence-corrected chi connectivity index (χ0v) is 7.89. The Labute approximate surface area is 81.0 Å². The van der Waals surface area contributed by atoms with Gasteiger partial charge in [-0.3, -0.25) is 9.78 Å². The molecule has 1 aromatic rings. The van der Waals surface area contributed by atoms with E-state index in [-0.39, 0.29) is 17.2 Å². The Hall–Kier alpha value is -1.91. The summed E-state index contributed by atoms with van der Waals surface area (Å²) in [6.07, 6.45) is 1.31. The standard InChI is InChI=1S/C9H10N2O3/c1-11(2)8(12)7-5-6(9(13)14)3-4-10-7/h3-5H,1-2H3,(H,13,14). The third kappa shape index (κ3) is 2.07. The first kappa shape index (κ1) is 10.2. The van der Waals surface area contributed by atoms with E-state index < -0.39 is 5.97 Å². The molecular weight excluding hydrogens is 184 g/mol. The zero-order chi connectivity index (χ0) is 10.7. The highest BCUT2D eigenvalue weighted by Crippen LogP contribution is 2.03. The van der Waals surface area contributed by atoms with Crippen molar-refractivity contribution in [3.63, 3.8) is 0 Å². The van der Waals surface area contributed by atoms with Crippen LogP contribution in [0.3, 0.4) is 0 Å². The molecule has 5 heteroatoms. The van der Waals surface area contributed by atoms with E-state index in [0.29, 0.717) is 0 Å². The first-order chi connectivity index (χ1) is 6.52. The van der Waals surface area contributed by atoms with E-state index in [1.54, 1.807) is 14.1 Å². The fourth-order valence-electron chi connectivity index (χ4n) is 0.910. The number of carboxylic acids is 1. The monoisotopic (exact) mass is 194 g/mol. The summed E-state index contributed by atoms with van der Waals surface area (Å²) in [5.41, 5.74) is 0.195. The molecule has 1 rings (SSSR count). The van der Waals surface area contributed by atoms with E-state index in [1.807, 2.05) is 0 Å². The number of carbonyl (C=O) groups is 2. The lowest BCUT2D eigenvalue weighted by molar-refractivity contribution is 0.0696. The SMILES string of the molecule is CN(C)C(=O)c1cc(C(=O)O)ccn1. The molecule has 1 aromatic heterocycles. The molecule has 0 aliphatic heterocycles. The Kier molecular flexibility index (Phi) is 2.81. The van der Waals surface area contributed by atoms with Crippen molar-refractivity contribution in [2.24, 2.45) is 0 Å². The Morgan fingerprint density at radius 1 is 1.43 bits per heavy atom. The second-order valence-electron chi connectivity index (χ2n) is 2.93. The van der Waals surface area contributed by atoms with E-state index in [9.17, 15) is 9.59 Å². The smallest absolute Gasteiger partial charge is 0.335 e. The minimum atomic E-state index is -1.07. The van der Waals surface area contributed by atoms with Gasteiger partial charge in [-0.15, -0.1) is 0 Å². The fraction of sp³-hybridized carbons (Fsp3) is 0.222. The summed E-state index contributed by atoms with van der Waals surface area (Å²) in [5.74, 6) is -1.38.